The van der Waals surface area contributed by atoms with Gasteiger partial charge in [0.1, 0.15) is 11.5 Å². The number of methoxy groups -OCH3 is 1. The first-order chi connectivity index (χ1) is 7.15. The first kappa shape index (κ1) is 11.5. The van der Waals surface area contributed by atoms with Crippen molar-refractivity contribution in [2.24, 2.45) is 0 Å². The van der Waals surface area contributed by atoms with Crippen LogP contribution in [0.25, 0.3) is 5.57 Å². The van der Waals surface area contributed by atoms with E-state index in [0.29, 0.717) is 12.8 Å². The van der Waals surface area contributed by atoms with Crippen molar-refractivity contribution in [1.29, 1.82) is 0 Å². The number of hydrogen-bond acceptors (Lipinski definition) is 2. The van der Waals surface area contributed by atoms with Gasteiger partial charge in [-0.1, -0.05) is 24.8 Å². The minimum atomic E-state index is 0.186. The Labute approximate surface area is 90.6 Å². The first-order valence-electron chi connectivity index (χ1n) is 4.95. The SMILES string of the molecule is C=C(CCC(C)=O)c1ccccc1OC. The van der Waals surface area contributed by atoms with Gasteiger partial charge in [0.25, 0.3) is 0 Å². The number of carbonyl (C=O) groups is 1. The van der Waals surface area contributed by atoms with Gasteiger partial charge in [0.15, 0.2) is 0 Å². The minimum Gasteiger partial charge on any atom is -0.496 e. The Bertz CT molecular complexity index is 367. The standard InChI is InChI=1S/C13H16O2/c1-10(8-9-11(2)14)12-6-4-5-7-13(12)15-3/h4-7H,1,8-9H2,2-3H3. The van der Waals surface area contributed by atoms with E-state index in [1.165, 1.54) is 0 Å². The average Bonchev–Trinajstić information content (AvgIpc) is 2.25. The number of hydrogen-bond donors (Lipinski definition) is 0. The van der Waals surface area contributed by atoms with Crippen LogP contribution in [0.3, 0.4) is 0 Å². The van der Waals surface area contributed by atoms with Crippen LogP contribution in [0.15, 0.2) is 30.8 Å². The van der Waals surface area contributed by atoms with Gasteiger partial charge in [-0.15, -0.1) is 0 Å². The predicted molar refractivity (Wildman–Crippen MR) is 61.9 cm³/mol. The van der Waals surface area contributed by atoms with Crippen molar-refractivity contribution in [2.75, 3.05) is 7.11 Å². The highest BCUT2D eigenvalue weighted by Crippen LogP contribution is 2.27. The molecule has 0 radical (unpaired) electrons. The molecule has 1 aromatic carbocycles. The van der Waals surface area contributed by atoms with Crippen LogP contribution in [0, 0.1) is 0 Å². The van der Waals surface area contributed by atoms with Crippen molar-refractivity contribution < 1.29 is 9.53 Å². The number of rotatable bonds is 5. The zero-order valence-corrected chi connectivity index (χ0v) is 9.25. The van der Waals surface area contributed by atoms with Crippen LogP contribution in [-0.2, 0) is 4.79 Å². The third-order valence-electron chi connectivity index (χ3n) is 2.27. The number of allylic oxidation sites excluding steroid dienone is 1. The third-order valence-corrected chi connectivity index (χ3v) is 2.27. The van der Waals surface area contributed by atoms with E-state index < -0.39 is 0 Å². The highest BCUT2D eigenvalue weighted by atomic mass is 16.5. The van der Waals surface area contributed by atoms with E-state index in [4.69, 9.17) is 4.74 Å². The van der Waals surface area contributed by atoms with Gasteiger partial charge in [-0.2, -0.15) is 0 Å². The van der Waals surface area contributed by atoms with Gasteiger partial charge in [-0.05, 0) is 25.0 Å². The molecule has 2 nitrogen and oxygen atoms in total. The summed E-state index contributed by atoms with van der Waals surface area (Å²) in [4.78, 5) is 10.9. The summed E-state index contributed by atoms with van der Waals surface area (Å²) in [7, 11) is 1.64. The Kier molecular flexibility index (Phi) is 4.10. The van der Waals surface area contributed by atoms with Crippen LogP contribution in [0.2, 0.25) is 0 Å². The monoisotopic (exact) mass is 204 g/mol. The molecule has 0 atom stereocenters. The fourth-order valence-corrected chi connectivity index (χ4v) is 1.40. The molecule has 0 aliphatic carbocycles. The molecule has 80 valence electrons. The quantitative estimate of drug-likeness (QED) is 0.736. The van der Waals surface area contributed by atoms with Crippen LogP contribution >= 0.6 is 0 Å². The van der Waals surface area contributed by atoms with E-state index in [1.54, 1.807) is 14.0 Å². The molecule has 15 heavy (non-hydrogen) atoms. The number of para-hydroxylation sites is 1. The van der Waals surface area contributed by atoms with Crippen molar-refractivity contribution in [2.45, 2.75) is 19.8 Å². The topological polar surface area (TPSA) is 26.3 Å². The molecule has 0 aliphatic rings. The van der Waals surface area contributed by atoms with Crippen LogP contribution in [0.5, 0.6) is 5.75 Å². The molecular weight excluding hydrogens is 188 g/mol. The van der Waals surface area contributed by atoms with Crippen molar-refractivity contribution in [3.63, 3.8) is 0 Å². The summed E-state index contributed by atoms with van der Waals surface area (Å²) in [6, 6.07) is 7.72. The summed E-state index contributed by atoms with van der Waals surface area (Å²) >= 11 is 0. The fourth-order valence-electron chi connectivity index (χ4n) is 1.40. The summed E-state index contributed by atoms with van der Waals surface area (Å²) in [6.45, 7) is 5.57. The van der Waals surface area contributed by atoms with Crippen LogP contribution in [0.4, 0.5) is 0 Å². The van der Waals surface area contributed by atoms with Crippen molar-refractivity contribution in [3.8, 4) is 5.75 Å². The Balaban J connectivity index is 2.77. The smallest absolute Gasteiger partial charge is 0.130 e. The lowest BCUT2D eigenvalue weighted by Gasteiger charge is -2.09. The summed E-state index contributed by atoms with van der Waals surface area (Å²) < 4.78 is 5.23. The molecule has 1 rings (SSSR count). The Morgan fingerprint density at radius 3 is 2.60 bits per heavy atom. The maximum Gasteiger partial charge on any atom is 0.130 e. The molecule has 0 aromatic heterocycles. The summed E-state index contributed by atoms with van der Waals surface area (Å²) in [6.07, 6.45) is 1.23. The zero-order valence-electron chi connectivity index (χ0n) is 9.25. The molecule has 0 unspecified atom stereocenters. The lowest BCUT2D eigenvalue weighted by Crippen LogP contribution is -1.94. The van der Waals surface area contributed by atoms with E-state index in [9.17, 15) is 4.79 Å². The second kappa shape index (κ2) is 5.35. The lowest BCUT2D eigenvalue weighted by atomic mass is 10.0. The van der Waals surface area contributed by atoms with E-state index in [1.807, 2.05) is 24.3 Å². The van der Waals surface area contributed by atoms with Crippen LogP contribution in [-0.4, -0.2) is 12.9 Å². The Morgan fingerprint density at radius 2 is 2.00 bits per heavy atom. The van der Waals surface area contributed by atoms with Gasteiger partial charge in [0.05, 0.1) is 7.11 Å². The van der Waals surface area contributed by atoms with E-state index in [2.05, 4.69) is 6.58 Å². The second-order valence-corrected chi connectivity index (χ2v) is 3.51. The van der Waals surface area contributed by atoms with Crippen molar-refractivity contribution >= 4 is 11.4 Å². The molecular formula is C13H16O2. The van der Waals surface area contributed by atoms with Gasteiger partial charge in [0, 0.05) is 12.0 Å². The number of carbonyl (C=O) groups excluding carboxylic acids is 1. The molecule has 0 spiro atoms. The molecule has 0 saturated heterocycles. The average molecular weight is 204 g/mol. The van der Waals surface area contributed by atoms with Gasteiger partial charge in [0.2, 0.25) is 0 Å². The van der Waals surface area contributed by atoms with Crippen molar-refractivity contribution in [3.05, 3.63) is 36.4 Å². The second-order valence-electron chi connectivity index (χ2n) is 3.51. The van der Waals surface area contributed by atoms with Gasteiger partial charge < -0.3 is 9.53 Å². The lowest BCUT2D eigenvalue weighted by molar-refractivity contribution is -0.116. The van der Waals surface area contributed by atoms with E-state index in [-0.39, 0.29) is 5.78 Å². The summed E-state index contributed by atoms with van der Waals surface area (Å²) in [5, 5.41) is 0. The molecule has 0 heterocycles. The summed E-state index contributed by atoms with van der Waals surface area (Å²) in [5.41, 5.74) is 1.93. The normalized spacial score (nSPS) is 9.73. The van der Waals surface area contributed by atoms with Gasteiger partial charge >= 0.3 is 0 Å². The molecule has 0 amide bonds. The Morgan fingerprint density at radius 1 is 1.33 bits per heavy atom. The molecule has 0 aliphatic heterocycles. The highest BCUT2D eigenvalue weighted by Gasteiger charge is 2.06. The number of ketones is 1. The highest BCUT2D eigenvalue weighted by molar-refractivity contribution is 5.79. The number of ether oxygens (including phenoxy) is 1. The maximum atomic E-state index is 10.9. The van der Waals surface area contributed by atoms with Crippen molar-refractivity contribution in [1.82, 2.24) is 0 Å². The minimum absolute atomic E-state index is 0.186. The molecule has 0 bridgehead atoms. The Hall–Kier alpha value is -1.57. The zero-order chi connectivity index (χ0) is 11.3. The molecule has 1 aromatic rings. The van der Waals surface area contributed by atoms with E-state index in [0.717, 1.165) is 16.9 Å². The fraction of sp³-hybridized carbons (Fsp3) is 0.308. The predicted octanol–water partition coefficient (Wildman–Crippen LogP) is 3.08. The maximum absolute atomic E-state index is 10.9. The molecule has 0 fully saturated rings. The first-order valence-corrected chi connectivity index (χ1v) is 4.95. The molecule has 2 heteroatoms. The van der Waals surface area contributed by atoms with E-state index >= 15 is 0 Å². The molecule has 0 N–H and O–H groups in total. The van der Waals surface area contributed by atoms with Crippen LogP contribution in [0.1, 0.15) is 25.3 Å². The third kappa shape index (κ3) is 3.24. The van der Waals surface area contributed by atoms with Crippen LogP contribution < -0.4 is 4.74 Å². The van der Waals surface area contributed by atoms with Gasteiger partial charge in [-0.3, -0.25) is 0 Å². The summed E-state index contributed by atoms with van der Waals surface area (Å²) in [5.74, 6) is 0.997. The largest absolute Gasteiger partial charge is 0.496 e. The van der Waals surface area contributed by atoms with Gasteiger partial charge in [-0.25, -0.2) is 0 Å². The number of Topliss-reactive ketones (excluding diaryl/α,β-unsaturated/α-hetero) is 1. The number of benzene rings is 1. The molecule has 0 saturated carbocycles.